The van der Waals surface area contributed by atoms with Gasteiger partial charge < -0.3 is 26.3 Å². The molecule has 0 spiro atoms. The number of methoxy groups -OCH3 is 1. The number of ether oxygens (including phenoxy) is 2. The van der Waals surface area contributed by atoms with Crippen LogP contribution < -0.4 is 26.3 Å². The van der Waals surface area contributed by atoms with Gasteiger partial charge >= 0.3 is 6.09 Å². The fraction of sp³-hybridized carbons (Fsp3) is 0.154. The van der Waals surface area contributed by atoms with Crippen LogP contribution in [0.1, 0.15) is 5.56 Å². The van der Waals surface area contributed by atoms with Gasteiger partial charge in [0.2, 0.25) is 11.8 Å². The van der Waals surface area contributed by atoms with E-state index in [9.17, 15) is 4.79 Å². The van der Waals surface area contributed by atoms with Gasteiger partial charge in [-0.2, -0.15) is 9.97 Å². The highest BCUT2D eigenvalue weighted by molar-refractivity contribution is 5.73. The van der Waals surface area contributed by atoms with Crippen molar-refractivity contribution in [3.05, 3.63) is 35.9 Å². The lowest BCUT2D eigenvalue weighted by atomic mass is 10.2. The van der Waals surface area contributed by atoms with Crippen molar-refractivity contribution in [1.82, 2.24) is 15.3 Å². The van der Waals surface area contributed by atoms with Crippen molar-refractivity contribution in [2.24, 2.45) is 0 Å². The lowest BCUT2D eigenvalue weighted by Gasteiger charge is -2.10. The molecule has 1 aromatic heterocycles. The molecular formula is C13H15N5O3. The van der Waals surface area contributed by atoms with Gasteiger partial charge in [0.1, 0.15) is 0 Å². The second-order valence-corrected chi connectivity index (χ2v) is 4.04. The van der Waals surface area contributed by atoms with Crippen LogP contribution >= 0.6 is 0 Å². The van der Waals surface area contributed by atoms with E-state index in [4.69, 9.17) is 20.9 Å². The molecule has 1 amide bonds. The number of nitrogens with one attached hydrogen (secondary N) is 1. The van der Waals surface area contributed by atoms with Gasteiger partial charge in [0, 0.05) is 6.54 Å². The summed E-state index contributed by atoms with van der Waals surface area (Å²) in [6, 6.07) is 9.38. The second-order valence-electron chi connectivity index (χ2n) is 4.04. The summed E-state index contributed by atoms with van der Waals surface area (Å²) in [5.41, 5.74) is 12.1. The number of benzene rings is 1. The average Bonchev–Trinajstić information content (AvgIpc) is 2.49. The first-order chi connectivity index (χ1) is 10.1. The zero-order valence-electron chi connectivity index (χ0n) is 11.4. The molecule has 5 N–H and O–H groups in total. The van der Waals surface area contributed by atoms with Crippen LogP contribution in [-0.2, 0) is 6.54 Å². The molecule has 0 aliphatic carbocycles. The minimum atomic E-state index is -0.703. The van der Waals surface area contributed by atoms with E-state index in [1.807, 2.05) is 30.3 Å². The lowest BCUT2D eigenvalue weighted by molar-refractivity contribution is 0.198. The standard InChI is InChI=1S/C13H15N5O3/c1-20-10-9(14)11(18-12(15)17-10)21-13(19)16-7-8-5-3-2-4-6-8/h2-6H,7,14H2,1H3,(H,16,19)(H2,15,17,18). The van der Waals surface area contributed by atoms with E-state index in [1.54, 1.807) is 0 Å². The maximum absolute atomic E-state index is 11.7. The van der Waals surface area contributed by atoms with Gasteiger partial charge in [-0.25, -0.2) is 4.79 Å². The van der Waals surface area contributed by atoms with Gasteiger partial charge in [0.05, 0.1) is 7.11 Å². The van der Waals surface area contributed by atoms with Crippen LogP contribution in [0.3, 0.4) is 0 Å². The number of aromatic nitrogens is 2. The molecule has 2 rings (SSSR count). The Morgan fingerprint density at radius 3 is 2.52 bits per heavy atom. The highest BCUT2D eigenvalue weighted by Crippen LogP contribution is 2.28. The quantitative estimate of drug-likeness (QED) is 0.764. The number of rotatable bonds is 4. The Balaban J connectivity index is 2.01. The van der Waals surface area contributed by atoms with Crippen LogP contribution in [0.4, 0.5) is 16.4 Å². The highest BCUT2D eigenvalue weighted by atomic mass is 16.6. The maximum atomic E-state index is 11.7. The lowest BCUT2D eigenvalue weighted by Crippen LogP contribution is -2.27. The molecule has 110 valence electrons. The number of nitrogen functional groups attached to an aromatic ring is 2. The normalized spacial score (nSPS) is 9.95. The Kier molecular flexibility index (Phi) is 4.39. The Bertz CT molecular complexity index is 633. The number of hydrogen-bond donors (Lipinski definition) is 3. The van der Waals surface area contributed by atoms with Crippen LogP contribution in [-0.4, -0.2) is 23.2 Å². The van der Waals surface area contributed by atoms with Crippen molar-refractivity contribution >= 4 is 17.7 Å². The van der Waals surface area contributed by atoms with Crippen molar-refractivity contribution in [3.63, 3.8) is 0 Å². The summed E-state index contributed by atoms with van der Waals surface area (Å²) in [5.74, 6) is -0.204. The van der Waals surface area contributed by atoms with E-state index in [-0.39, 0.29) is 23.4 Å². The molecule has 0 saturated carbocycles. The Morgan fingerprint density at radius 2 is 1.86 bits per heavy atom. The SMILES string of the molecule is COc1nc(N)nc(OC(=O)NCc2ccccc2)c1N. The summed E-state index contributed by atoms with van der Waals surface area (Å²) in [6.07, 6.45) is -0.703. The summed E-state index contributed by atoms with van der Waals surface area (Å²) >= 11 is 0. The van der Waals surface area contributed by atoms with E-state index in [2.05, 4.69) is 15.3 Å². The monoisotopic (exact) mass is 289 g/mol. The summed E-state index contributed by atoms with van der Waals surface area (Å²) in [7, 11) is 1.37. The van der Waals surface area contributed by atoms with Crippen LogP contribution in [0.5, 0.6) is 11.8 Å². The fourth-order valence-electron chi connectivity index (χ4n) is 1.57. The van der Waals surface area contributed by atoms with E-state index < -0.39 is 6.09 Å². The molecule has 0 aliphatic heterocycles. The summed E-state index contributed by atoms with van der Waals surface area (Å²) < 4.78 is 9.91. The van der Waals surface area contributed by atoms with Crippen molar-refractivity contribution in [2.75, 3.05) is 18.6 Å². The van der Waals surface area contributed by atoms with Gasteiger partial charge in [0.15, 0.2) is 5.69 Å². The maximum Gasteiger partial charge on any atom is 0.414 e. The first-order valence-electron chi connectivity index (χ1n) is 6.06. The molecule has 21 heavy (non-hydrogen) atoms. The Hall–Kier alpha value is -3.03. The number of nitrogens with two attached hydrogens (primary N) is 2. The average molecular weight is 289 g/mol. The molecule has 0 bridgehead atoms. The second kappa shape index (κ2) is 6.42. The minimum absolute atomic E-state index is 0.00145. The van der Waals surface area contributed by atoms with Crippen LogP contribution in [0, 0.1) is 0 Å². The summed E-state index contributed by atoms with van der Waals surface area (Å²) in [5, 5.41) is 2.57. The molecule has 0 fully saturated rings. The zero-order valence-corrected chi connectivity index (χ0v) is 11.4. The van der Waals surface area contributed by atoms with Crippen LogP contribution in [0.2, 0.25) is 0 Å². The van der Waals surface area contributed by atoms with E-state index in [1.165, 1.54) is 7.11 Å². The predicted octanol–water partition coefficient (Wildman–Crippen LogP) is 0.938. The molecule has 0 radical (unpaired) electrons. The molecule has 0 saturated heterocycles. The van der Waals surface area contributed by atoms with Crippen LogP contribution in [0.25, 0.3) is 0 Å². The van der Waals surface area contributed by atoms with E-state index in [0.29, 0.717) is 6.54 Å². The van der Waals surface area contributed by atoms with Gasteiger partial charge in [-0.05, 0) is 5.56 Å². The first-order valence-corrected chi connectivity index (χ1v) is 6.06. The third kappa shape index (κ3) is 3.72. The van der Waals surface area contributed by atoms with Gasteiger partial charge in [-0.15, -0.1) is 0 Å². The summed E-state index contributed by atoms with van der Waals surface area (Å²) in [6.45, 7) is 0.317. The van der Waals surface area contributed by atoms with E-state index >= 15 is 0 Å². The Labute approximate surface area is 121 Å². The van der Waals surface area contributed by atoms with Crippen molar-refractivity contribution in [2.45, 2.75) is 6.54 Å². The minimum Gasteiger partial charge on any atom is -0.479 e. The largest absolute Gasteiger partial charge is 0.479 e. The molecular weight excluding hydrogens is 274 g/mol. The first kappa shape index (κ1) is 14.4. The third-order valence-corrected chi connectivity index (χ3v) is 2.56. The topological polar surface area (TPSA) is 125 Å². The summed E-state index contributed by atoms with van der Waals surface area (Å²) in [4.78, 5) is 19.2. The highest BCUT2D eigenvalue weighted by Gasteiger charge is 2.15. The number of amides is 1. The van der Waals surface area contributed by atoms with Gasteiger partial charge in [-0.1, -0.05) is 30.3 Å². The predicted molar refractivity (Wildman–Crippen MR) is 76.7 cm³/mol. The molecule has 0 aliphatic rings. The Morgan fingerprint density at radius 1 is 1.19 bits per heavy atom. The number of anilines is 2. The van der Waals surface area contributed by atoms with Crippen LogP contribution in [0.15, 0.2) is 30.3 Å². The van der Waals surface area contributed by atoms with Crippen molar-refractivity contribution in [3.8, 4) is 11.8 Å². The molecule has 0 unspecified atom stereocenters. The van der Waals surface area contributed by atoms with E-state index in [0.717, 1.165) is 5.56 Å². The number of carbonyl (C=O) groups is 1. The fourth-order valence-corrected chi connectivity index (χ4v) is 1.57. The molecule has 1 aromatic carbocycles. The molecule has 0 atom stereocenters. The van der Waals surface area contributed by atoms with Crippen molar-refractivity contribution < 1.29 is 14.3 Å². The number of carbonyl (C=O) groups excluding carboxylic acids is 1. The number of nitrogens with zero attached hydrogens (tertiary/aromatic N) is 2. The van der Waals surface area contributed by atoms with Crippen molar-refractivity contribution in [1.29, 1.82) is 0 Å². The van der Waals surface area contributed by atoms with Gasteiger partial charge in [0.25, 0.3) is 5.88 Å². The third-order valence-electron chi connectivity index (χ3n) is 2.56. The smallest absolute Gasteiger partial charge is 0.414 e. The molecule has 1 heterocycles. The molecule has 8 nitrogen and oxygen atoms in total. The van der Waals surface area contributed by atoms with Gasteiger partial charge in [-0.3, -0.25) is 0 Å². The zero-order chi connectivity index (χ0) is 15.2. The number of hydrogen-bond acceptors (Lipinski definition) is 7. The molecule has 8 heteroatoms. The molecule has 2 aromatic rings.